The molecule has 3 nitrogen and oxygen atoms in total. The van der Waals surface area contributed by atoms with Crippen LogP contribution in [0.25, 0.3) is 0 Å². The third-order valence-corrected chi connectivity index (χ3v) is 3.19. The van der Waals surface area contributed by atoms with Crippen LogP contribution in [0.1, 0.15) is 48.2 Å². The minimum atomic E-state index is -0.107. The van der Waals surface area contributed by atoms with Gasteiger partial charge in [-0.25, -0.2) is 0 Å². The van der Waals surface area contributed by atoms with Crippen LogP contribution in [0.15, 0.2) is 28.4 Å². The van der Waals surface area contributed by atoms with Crippen molar-refractivity contribution in [3.8, 4) is 0 Å². The van der Waals surface area contributed by atoms with Crippen molar-refractivity contribution in [3.63, 3.8) is 0 Å². The molecule has 1 aromatic heterocycles. The lowest BCUT2D eigenvalue weighted by Crippen LogP contribution is -2.25. The molecule has 0 radical (unpaired) electrons. The SMILES string of the molecule is Cc1ccoc1C(=O)NCCC1=CCCCC1. The molecule has 1 amide bonds. The number of furan rings is 1. The Hall–Kier alpha value is -1.51. The van der Waals surface area contributed by atoms with E-state index < -0.39 is 0 Å². The van der Waals surface area contributed by atoms with E-state index in [0.717, 1.165) is 12.0 Å². The number of amides is 1. The van der Waals surface area contributed by atoms with Gasteiger partial charge in [0.05, 0.1) is 6.26 Å². The Kier molecular flexibility index (Phi) is 4.02. The van der Waals surface area contributed by atoms with Crippen LogP contribution in [0.3, 0.4) is 0 Å². The van der Waals surface area contributed by atoms with Crippen molar-refractivity contribution in [1.82, 2.24) is 5.32 Å². The zero-order valence-electron chi connectivity index (χ0n) is 10.3. The maximum absolute atomic E-state index is 11.7. The molecule has 0 atom stereocenters. The van der Waals surface area contributed by atoms with E-state index in [2.05, 4.69) is 11.4 Å². The summed E-state index contributed by atoms with van der Waals surface area (Å²) in [6.07, 6.45) is 9.81. The summed E-state index contributed by atoms with van der Waals surface area (Å²) in [7, 11) is 0. The van der Waals surface area contributed by atoms with Gasteiger partial charge in [0, 0.05) is 12.1 Å². The second-order valence-electron chi connectivity index (χ2n) is 4.55. The van der Waals surface area contributed by atoms with Crippen molar-refractivity contribution in [2.75, 3.05) is 6.54 Å². The summed E-state index contributed by atoms with van der Waals surface area (Å²) in [6, 6.07) is 1.80. The molecule has 1 aliphatic carbocycles. The van der Waals surface area contributed by atoms with E-state index in [4.69, 9.17) is 4.42 Å². The quantitative estimate of drug-likeness (QED) is 0.811. The summed E-state index contributed by atoms with van der Waals surface area (Å²) in [5, 5.41) is 2.90. The van der Waals surface area contributed by atoms with Crippen LogP contribution >= 0.6 is 0 Å². The van der Waals surface area contributed by atoms with Gasteiger partial charge in [-0.1, -0.05) is 11.6 Å². The third-order valence-electron chi connectivity index (χ3n) is 3.19. The van der Waals surface area contributed by atoms with Crippen LogP contribution in [0.4, 0.5) is 0 Å². The largest absolute Gasteiger partial charge is 0.459 e. The molecular formula is C14H19NO2. The second kappa shape index (κ2) is 5.71. The highest BCUT2D eigenvalue weighted by molar-refractivity contribution is 5.92. The molecule has 1 aliphatic rings. The molecule has 0 spiro atoms. The Balaban J connectivity index is 1.77. The van der Waals surface area contributed by atoms with Gasteiger partial charge < -0.3 is 9.73 Å². The zero-order chi connectivity index (χ0) is 12.1. The van der Waals surface area contributed by atoms with Gasteiger partial charge in [-0.15, -0.1) is 0 Å². The lowest BCUT2D eigenvalue weighted by molar-refractivity contribution is 0.0925. The van der Waals surface area contributed by atoms with Gasteiger partial charge in [-0.2, -0.15) is 0 Å². The molecule has 3 heteroatoms. The molecular weight excluding hydrogens is 214 g/mol. The monoisotopic (exact) mass is 233 g/mol. The molecule has 1 heterocycles. The molecule has 1 N–H and O–H groups in total. The highest BCUT2D eigenvalue weighted by Crippen LogP contribution is 2.19. The second-order valence-corrected chi connectivity index (χ2v) is 4.55. The molecule has 2 rings (SSSR count). The average Bonchev–Trinajstić information content (AvgIpc) is 2.77. The average molecular weight is 233 g/mol. The number of allylic oxidation sites excluding steroid dienone is 1. The minimum Gasteiger partial charge on any atom is -0.459 e. The normalized spacial score (nSPS) is 15.5. The molecule has 0 fully saturated rings. The van der Waals surface area contributed by atoms with Gasteiger partial charge >= 0.3 is 0 Å². The summed E-state index contributed by atoms with van der Waals surface area (Å²) >= 11 is 0. The topological polar surface area (TPSA) is 42.2 Å². The number of carbonyl (C=O) groups is 1. The van der Waals surface area contributed by atoms with Crippen LogP contribution in [0.2, 0.25) is 0 Å². The Bertz CT molecular complexity index is 418. The first-order chi connectivity index (χ1) is 8.27. The molecule has 92 valence electrons. The number of hydrogen-bond acceptors (Lipinski definition) is 2. The van der Waals surface area contributed by atoms with E-state index in [-0.39, 0.29) is 5.91 Å². The van der Waals surface area contributed by atoms with Crippen LogP contribution in [0.5, 0.6) is 0 Å². The zero-order valence-corrected chi connectivity index (χ0v) is 10.3. The standard InChI is InChI=1S/C14H19NO2/c1-11-8-10-17-13(11)14(16)15-9-7-12-5-3-2-4-6-12/h5,8,10H,2-4,6-7,9H2,1H3,(H,15,16). The Labute approximate surface area is 102 Å². The van der Waals surface area contributed by atoms with Crippen molar-refractivity contribution >= 4 is 5.91 Å². The van der Waals surface area contributed by atoms with Gasteiger partial charge in [0.2, 0.25) is 0 Å². The number of hydrogen-bond donors (Lipinski definition) is 1. The first-order valence-electron chi connectivity index (χ1n) is 6.27. The third kappa shape index (κ3) is 3.22. The molecule has 0 saturated heterocycles. The summed E-state index contributed by atoms with van der Waals surface area (Å²) in [6.45, 7) is 2.58. The lowest BCUT2D eigenvalue weighted by atomic mass is 9.97. The first-order valence-corrected chi connectivity index (χ1v) is 6.27. The molecule has 0 saturated carbocycles. The van der Waals surface area contributed by atoms with Gasteiger partial charge in [-0.05, 0) is 45.1 Å². The van der Waals surface area contributed by atoms with Crippen molar-refractivity contribution in [3.05, 3.63) is 35.3 Å². The van der Waals surface area contributed by atoms with E-state index in [1.54, 1.807) is 12.3 Å². The molecule has 0 aliphatic heterocycles. The summed E-state index contributed by atoms with van der Waals surface area (Å²) in [5.74, 6) is 0.325. The predicted molar refractivity (Wildman–Crippen MR) is 66.9 cm³/mol. The number of rotatable bonds is 4. The molecule has 17 heavy (non-hydrogen) atoms. The van der Waals surface area contributed by atoms with E-state index in [1.807, 2.05) is 6.92 Å². The number of aryl methyl sites for hydroxylation is 1. The van der Waals surface area contributed by atoms with Crippen LogP contribution < -0.4 is 5.32 Å². The fourth-order valence-electron chi connectivity index (χ4n) is 2.15. The van der Waals surface area contributed by atoms with Crippen molar-refractivity contribution in [2.24, 2.45) is 0 Å². The van der Waals surface area contributed by atoms with E-state index in [1.165, 1.54) is 31.3 Å². The van der Waals surface area contributed by atoms with Gasteiger partial charge in [-0.3, -0.25) is 4.79 Å². The molecule has 0 bridgehead atoms. The summed E-state index contributed by atoms with van der Waals surface area (Å²) < 4.78 is 5.14. The Morgan fingerprint density at radius 3 is 3.00 bits per heavy atom. The lowest BCUT2D eigenvalue weighted by Gasteiger charge is -2.12. The van der Waals surface area contributed by atoms with Crippen molar-refractivity contribution in [2.45, 2.75) is 39.0 Å². The smallest absolute Gasteiger partial charge is 0.287 e. The predicted octanol–water partition coefficient (Wildman–Crippen LogP) is 3.21. The molecule has 0 unspecified atom stereocenters. The molecule has 1 aromatic rings. The number of nitrogens with one attached hydrogen (secondary N) is 1. The maximum atomic E-state index is 11.7. The Morgan fingerprint density at radius 2 is 2.35 bits per heavy atom. The maximum Gasteiger partial charge on any atom is 0.287 e. The summed E-state index contributed by atoms with van der Waals surface area (Å²) in [4.78, 5) is 11.7. The van der Waals surface area contributed by atoms with Crippen molar-refractivity contribution in [1.29, 1.82) is 0 Å². The van der Waals surface area contributed by atoms with Crippen LogP contribution in [0, 0.1) is 6.92 Å². The minimum absolute atomic E-state index is 0.107. The number of carbonyl (C=O) groups excluding carboxylic acids is 1. The van der Waals surface area contributed by atoms with Gasteiger partial charge in [0.15, 0.2) is 5.76 Å². The van der Waals surface area contributed by atoms with E-state index in [9.17, 15) is 4.79 Å². The van der Waals surface area contributed by atoms with Crippen LogP contribution in [-0.4, -0.2) is 12.5 Å². The first kappa shape index (κ1) is 12.0. The highest BCUT2D eigenvalue weighted by atomic mass is 16.3. The van der Waals surface area contributed by atoms with Crippen LogP contribution in [-0.2, 0) is 0 Å². The summed E-state index contributed by atoms with van der Waals surface area (Å²) in [5.41, 5.74) is 2.37. The van der Waals surface area contributed by atoms with Gasteiger partial charge in [0.25, 0.3) is 5.91 Å². The van der Waals surface area contributed by atoms with E-state index >= 15 is 0 Å². The Morgan fingerprint density at radius 1 is 1.47 bits per heavy atom. The highest BCUT2D eigenvalue weighted by Gasteiger charge is 2.12. The fourth-order valence-corrected chi connectivity index (χ4v) is 2.15. The van der Waals surface area contributed by atoms with E-state index in [0.29, 0.717) is 12.3 Å². The molecule has 0 aromatic carbocycles. The fraction of sp³-hybridized carbons (Fsp3) is 0.500. The van der Waals surface area contributed by atoms with Crippen molar-refractivity contribution < 1.29 is 9.21 Å². The van der Waals surface area contributed by atoms with Gasteiger partial charge in [0.1, 0.15) is 0 Å².